The molecule has 0 aliphatic carbocycles. The molecule has 4 rings (SSSR count). The van der Waals surface area contributed by atoms with Gasteiger partial charge in [-0.2, -0.15) is 0 Å². The topological polar surface area (TPSA) is 76.1 Å². The number of Topliss-reactive ketones (excluding diaryl/α,β-unsaturated/α-hetero) is 1. The van der Waals surface area contributed by atoms with Gasteiger partial charge in [-0.3, -0.25) is 9.59 Å². The average molecular weight is 425 g/mol. The number of fused-ring (bicyclic) bond motifs is 1. The molecule has 1 saturated heterocycles. The number of aliphatic hydroxyl groups is 1. The van der Waals surface area contributed by atoms with Crippen molar-refractivity contribution >= 4 is 17.4 Å². The van der Waals surface area contributed by atoms with Crippen molar-refractivity contribution in [3.63, 3.8) is 0 Å². The Morgan fingerprint density at radius 3 is 2.68 bits per heavy atom. The first-order chi connectivity index (χ1) is 14.9. The van der Waals surface area contributed by atoms with Crippen LogP contribution in [-0.4, -0.2) is 48.1 Å². The van der Waals surface area contributed by atoms with Crippen molar-refractivity contribution in [2.24, 2.45) is 0 Å². The highest BCUT2D eigenvalue weighted by Gasteiger charge is 2.45. The van der Waals surface area contributed by atoms with E-state index in [4.69, 9.17) is 9.47 Å². The van der Waals surface area contributed by atoms with Crippen LogP contribution >= 0.6 is 0 Å². The summed E-state index contributed by atoms with van der Waals surface area (Å²) < 4.78 is 24.3. The molecule has 0 bridgehead atoms. The molecule has 0 radical (unpaired) electrons. The number of hydrogen-bond donors (Lipinski definition) is 1. The normalized spacial score (nSPS) is 22.0. The van der Waals surface area contributed by atoms with Crippen LogP contribution in [0.5, 0.6) is 5.75 Å². The lowest BCUT2D eigenvalue weighted by molar-refractivity contribution is -0.140. The molecule has 2 heterocycles. The number of carbonyl (C=O) groups is 2. The van der Waals surface area contributed by atoms with Gasteiger partial charge in [0, 0.05) is 32.2 Å². The average Bonchev–Trinajstić information content (AvgIpc) is 3.25. The number of ether oxygens (including phenoxy) is 2. The molecule has 2 aliphatic heterocycles. The van der Waals surface area contributed by atoms with E-state index in [9.17, 15) is 19.1 Å². The summed E-state index contributed by atoms with van der Waals surface area (Å²) in [6.07, 6.45) is 1.26. The first-order valence-electron chi connectivity index (χ1n) is 10.2. The Bertz CT molecular complexity index is 1050. The number of rotatable bonds is 6. The highest BCUT2D eigenvalue weighted by molar-refractivity contribution is 6.46. The summed E-state index contributed by atoms with van der Waals surface area (Å²) in [5, 5.41) is 11.1. The molecule has 2 atom stereocenters. The molecule has 162 valence electrons. The number of halogens is 1. The monoisotopic (exact) mass is 425 g/mol. The first-order valence-corrected chi connectivity index (χ1v) is 10.2. The number of aliphatic hydroxyl groups excluding tert-OH is 1. The van der Waals surface area contributed by atoms with E-state index in [0.29, 0.717) is 30.6 Å². The van der Waals surface area contributed by atoms with Gasteiger partial charge in [-0.15, -0.1) is 0 Å². The first kappa shape index (κ1) is 21.1. The van der Waals surface area contributed by atoms with Gasteiger partial charge in [-0.1, -0.05) is 12.1 Å². The fourth-order valence-corrected chi connectivity index (χ4v) is 4.21. The van der Waals surface area contributed by atoms with Crippen molar-refractivity contribution in [2.45, 2.75) is 31.9 Å². The lowest BCUT2D eigenvalue weighted by Gasteiger charge is -2.25. The smallest absolute Gasteiger partial charge is 0.295 e. The van der Waals surface area contributed by atoms with E-state index in [-0.39, 0.29) is 24.0 Å². The standard InChI is InChI=1S/C24H24FNO5/c1-14-12-17-13-16(6-9-19(17)31-14)22(27)20-21(15-4-7-18(25)8-5-15)26(10-3-11-30-2)24(29)23(20)28/h4-9,13-14,21,27H,3,10-12H2,1-2H3/b22-20-. The second-order valence-electron chi connectivity index (χ2n) is 7.85. The van der Waals surface area contributed by atoms with Gasteiger partial charge in [0.15, 0.2) is 0 Å². The number of nitrogens with zero attached hydrogens (tertiary/aromatic N) is 1. The van der Waals surface area contributed by atoms with Gasteiger partial charge >= 0.3 is 0 Å². The lowest BCUT2D eigenvalue weighted by Crippen LogP contribution is -2.31. The molecule has 1 amide bonds. The Kier molecular flexibility index (Phi) is 5.78. The minimum atomic E-state index is -0.805. The lowest BCUT2D eigenvalue weighted by atomic mass is 9.94. The van der Waals surface area contributed by atoms with Gasteiger partial charge < -0.3 is 19.5 Å². The summed E-state index contributed by atoms with van der Waals surface area (Å²) in [6.45, 7) is 2.65. The van der Waals surface area contributed by atoms with Crippen LogP contribution in [0.2, 0.25) is 0 Å². The minimum absolute atomic E-state index is 0.000869. The molecule has 2 unspecified atom stereocenters. The van der Waals surface area contributed by atoms with Gasteiger partial charge in [-0.25, -0.2) is 4.39 Å². The Morgan fingerprint density at radius 1 is 1.23 bits per heavy atom. The second kappa shape index (κ2) is 8.51. The highest BCUT2D eigenvalue weighted by Crippen LogP contribution is 2.40. The molecule has 2 aromatic carbocycles. The summed E-state index contributed by atoms with van der Waals surface area (Å²) in [6, 6.07) is 10.0. The number of amides is 1. The quantitative estimate of drug-likeness (QED) is 0.331. The van der Waals surface area contributed by atoms with Crippen molar-refractivity contribution in [3.05, 3.63) is 70.5 Å². The zero-order chi connectivity index (χ0) is 22.1. The Hall–Kier alpha value is -3.19. The largest absolute Gasteiger partial charge is 0.507 e. The summed E-state index contributed by atoms with van der Waals surface area (Å²) in [4.78, 5) is 27.2. The number of benzene rings is 2. The van der Waals surface area contributed by atoms with Crippen molar-refractivity contribution in [1.82, 2.24) is 4.90 Å². The molecule has 1 fully saturated rings. The van der Waals surface area contributed by atoms with E-state index in [0.717, 1.165) is 11.3 Å². The fraction of sp³-hybridized carbons (Fsp3) is 0.333. The number of likely N-dealkylation sites (tertiary alicyclic amines) is 1. The van der Waals surface area contributed by atoms with Crippen molar-refractivity contribution < 1.29 is 28.6 Å². The van der Waals surface area contributed by atoms with E-state index >= 15 is 0 Å². The van der Waals surface area contributed by atoms with Crippen LogP contribution in [-0.2, 0) is 20.7 Å². The van der Waals surface area contributed by atoms with Gasteiger partial charge in [0.25, 0.3) is 11.7 Å². The molecule has 31 heavy (non-hydrogen) atoms. The second-order valence-corrected chi connectivity index (χ2v) is 7.85. The molecule has 0 saturated carbocycles. The third-order valence-electron chi connectivity index (χ3n) is 5.64. The summed E-state index contributed by atoms with van der Waals surface area (Å²) in [7, 11) is 1.56. The third-order valence-corrected chi connectivity index (χ3v) is 5.64. The molecule has 0 aromatic heterocycles. The Labute approximate surface area is 179 Å². The molecule has 6 nitrogen and oxygen atoms in total. The van der Waals surface area contributed by atoms with Crippen molar-refractivity contribution in [2.75, 3.05) is 20.3 Å². The zero-order valence-electron chi connectivity index (χ0n) is 17.4. The van der Waals surface area contributed by atoms with E-state index < -0.39 is 23.5 Å². The summed E-state index contributed by atoms with van der Waals surface area (Å²) in [5.41, 5.74) is 1.93. The van der Waals surface area contributed by atoms with Gasteiger partial charge in [-0.05, 0) is 54.8 Å². The summed E-state index contributed by atoms with van der Waals surface area (Å²) in [5.74, 6) is -1.37. The molecule has 0 spiro atoms. The highest BCUT2D eigenvalue weighted by atomic mass is 19.1. The third kappa shape index (κ3) is 3.93. The van der Waals surface area contributed by atoms with Crippen LogP contribution in [0.3, 0.4) is 0 Å². The molecule has 2 aromatic rings. The Morgan fingerprint density at radius 2 is 1.97 bits per heavy atom. The van der Waals surface area contributed by atoms with E-state index in [1.807, 2.05) is 6.92 Å². The van der Waals surface area contributed by atoms with Gasteiger partial charge in [0.2, 0.25) is 0 Å². The van der Waals surface area contributed by atoms with Crippen molar-refractivity contribution in [1.29, 1.82) is 0 Å². The van der Waals surface area contributed by atoms with Crippen LogP contribution in [0, 0.1) is 5.82 Å². The SMILES string of the molecule is COCCCN1C(=O)C(=O)/C(=C(\O)c2ccc3c(c2)CC(C)O3)C1c1ccc(F)cc1. The number of hydrogen-bond acceptors (Lipinski definition) is 5. The number of methoxy groups -OCH3 is 1. The maximum atomic E-state index is 13.5. The van der Waals surface area contributed by atoms with Crippen LogP contribution in [0.15, 0.2) is 48.0 Å². The Balaban J connectivity index is 1.79. The van der Waals surface area contributed by atoms with E-state index in [1.54, 1.807) is 25.3 Å². The van der Waals surface area contributed by atoms with Crippen LogP contribution in [0.4, 0.5) is 4.39 Å². The predicted molar refractivity (Wildman–Crippen MR) is 112 cm³/mol. The van der Waals surface area contributed by atoms with Gasteiger partial charge in [0.05, 0.1) is 11.6 Å². The molecule has 2 aliphatic rings. The van der Waals surface area contributed by atoms with Gasteiger partial charge in [0.1, 0.15) is 23.4 Å². The van der Waals surface area contributed by atoms with E-state index in [1.165, 1.54) is 29.2 Å². The van der Waals surface area contributed by atoms with Crippen LogP contribution in [0.25, 0.3) is 5.76 Å². The molecule has 7 heteroatoms. The van der Waals surface area contributed by atoms with Crippen LogP contribution < -0.4 is 4.74 Å². The number of carbonyl (C=O) groups excluding carboxylic acids is 2. The van der Waals surface area contributed by atoms with Crippen LogP contribution in [0.1, 0.15) is 36.1 Å². The molecular formula is C24H24FNO5. The number of ketones is 1. The molecular weight excluding hydrogens is 401 g/mol. The minimum Gasteiger partial charge on any atom is -0.507 e. The van der Waals surface area contributed by atoms with Crippen molar-refractivity contribution in [3.8, 4) is 5.75 Å². The predicted octanol–water partition coefficient (Wildman–Crippen LogP) is 3.61. The fourth-order valence-electron chi connectivity index (χ4n) is 4.21. The molecule has 1 N–H and O–H groups in total. The maximum Gasteiger partial charge on any atom is 0.295 e. The zero-order valence-corrected chi connectivity index (χ0v) is 17.4. The maximum absolute atomic E-state index is 13.5. The summed E-state index contributed by atoms with van der Waals surface area (Å²) >= 11 is 0. The van der Waals surface area contributed by atoms with E-state index in [2.05, 4.69) is 0 Å².